The Balaban J connectivity index is 1.95. The molecule has 0 saturated carbocycles. The van der Waals surface area contributed by atoms with Crippen LogP contribution in [0.4, 0.5) is 0 Å². The molecule has 0 radical (unpaired) electrons. The van der Waals surface area contributed by atoms with E-state index >= 15 is 0 Å². The van der Waals surface area contributed by atoms with Gasteiger partial charge in [-0.25, -0.2) is 4.79 Å². The molecule has 1 aliphatic heterocycles. The molecule has 4 nitrogen and oxygen atoms in total. The van der Waals surface area contributed by atoms with Crippen LogP contribution < -0.4 is 10.5 Å². The Labute approximate surface area is 159 Å². The number of fused-ring (bicyclic) bond motifs is 3. The van der Waals surface area contributed by atoms with Gasteiger partial charge in [0.1, 0.15) is 12.3 Å². The van der Waals surface area contributed by atoms with Crippen molar-refractivity contribution in [2.45, 2.75) is 58.5 Å². The zero-order chi connectivity index (χ0) is 19.0. The summed E-state index contributed by atoms with van der Waals surface area (Å²) in [4.78, 5) is 14.1. The van der Waals surface area contributed by atoms with Gasteiger partial charge in [0.05, 0.1) is 23.5 Å². The predicted octanol–water partition coefficient (Wildman–Crippen LogP) is 3.56. The summed E-state index contributed by atoms with van der Waals surface area (Å²) >= 11 is 0. The molecule has 0 aliphatic carbocycles. The molecule has 1 saturated heterocycles. The van der Waals surface area contributed by atoms with Crippen LogP contribution in [0.15, 0.2) is 39.5 Å². The van der Waals surface area contributed by atoms with Crippen molar-refractivity contribution in [1.82, 2.24) is 0 Å². The zero-order valence-electron chi connectivity index (χ0n) is 16.2. The van der Waals surface area contributed by atoms with Gasteiger partial charge in [-0.05, 0) is 55.2 Å². The van der Waals surface area contributed by atoms with E-state index in [1.54, 1.807) is 0 Å². The maximum atomic E-state index is 12.6. The van der Waals surface area contributed by atoms with E-state index in [-0.39, 0.29) is 5.63 Å². The van der Waals surface area contributed by atoms with E-state index < -0.39 is 0 Å². The lowest BCUT2D eigenvalue weighted by atomic mass is 9.96. The molecule has 4 heteroatoms. The third-order valence-corrected chi connectivity index (χ3v) is 6.21. The summed E-state index contributed by atoms with van der Waals surface area (Å²) in [5.74, 6) is 0.302. The first-order valence-electron chi connectivity index (χ1n) is 10.2. The van der Waals surface area contributed by atoms with E-state index in [1.165, 1.54) is 24.2 Å². The van der Waals surface area contributed by atoms with Crippen LogP contribution in [0, 0.1) is 0 Å². The second-order valence-electron chi connectivity index (χ2n) is 7.71. The molecule has 1 aromatic heterocycles. The number of phenols is 1. The minimum atomic E-state index is -0.330. The van der Waals surface area contributed by atoms with Crippen LogP contribution in [0.25, 0.3) is 21.7 Å². The molecule has 4 rings (SSSR count). The van der Waals surface area contributed by atoms with E-state index in [4.69, 9.17) is 4.42 Å². The molecule has 0 bridgehead atoms. The first-order valence-corrected chi connectivity index (χ1v) is 10.2. The molecule has 142 valence electrons. The fourth-order valence-corrected chi connectivity index (χ4v) is 4.67. The van der Waals surface area contributed by atoms with Gasteiger partial charge in [0.25, 0.3) is 0 Å². The fourth-order valence-electron chi connectivity index (χ4n) is 4.67. The molecule has 0 amide bonds. The van der Waals surface area contributed by atoms with Crippen molar-refractivity contribution >= 4 is 21.7 Å². The van der Waals surface area contributed by atoms with Crippen LogP contribution in [-0.4, -0.2) is 17.7 Å². The summed E-state index contributed by atoms with van der Waals surface area (Å²) in [7, 11) is 0. The number of aryl methyl sites for hydroxylation is 1. The Morgan fingerprint density at radius 1 is 1.15 bits per heavy atom. The SMILES string of the molecule is CCc1cc2c(oc(=O)c3ccccc32)c(C[NH+]2CCCC[C@@H]2CC)c1O. The summed E-state index contributed by atoms with van der Waals surface area (Å²) < 4.78 is 5.77. The number of piperidine rings is 1. The number of rotatable bonds is 4. The Hall–Kier alpha value is -2.33. The van der Waals surface area contributed by atoms with Gasteiger partial charge in [0.2, 0.25) is 0 Å². The van der Waals surface area contributed by atoms with E-state index in [2.05, 4.69) is 13.8 Å². The van der Waals surface area contributed by atoms with Crippen molar-refractivity contribution in [3.8, 4) is 5.75 Å². The molecule has 3 aromatic rings. The molecule has 0 spiro atoms. The second-order valence-corrected chi connectivity index (χ2v) is 7.71. The number of phenolic OH excluding ortho intramolecular Hbond substituents is 1. The monoisotopic (exact) mass is 366 g/mol. The largest absolute Gasteiger partial charge is 0.507 e. The molecule has 2 heterocycles. The topological polar surface area (TPSA) is 54.9 Å². The highest BCUT2D eigenvalue weighted by atomic mass is 16.4. The van der Waals surface area contributed by atoms with Gasteiger partial charge in [-0.3, -0.25) is 0 Å². The van der Waals surface area contributed by atoms with Gasteiger partial charge < -0.3 is 14.4 Å². The number of hydrogen-bond donors (Lipinski definition) is 2. The van der Waals surface area contributed by atoms with Gasteiger partial charge in [0.15, 0.2) is 5.58 Å². The predicted molar refractivity (Wildman–Crippen MR) is 108 cm³/mol. The normalized spacial score (nSPS) is 20.4. The number of quaternary nitrogens is 1. The minimum Gasteiger partial charge on any atom is -0.507 e. The molecular formula is C23H28NO3+. The maximum absolute atomic E-state index is 12.6. The number of likely N-dealkylation sites (tertiary alicyclic amines) is 1. The Morgan fingerprint density at radius 3 is 2.67 bits per heavy atom. The summed E-state index contributed by atoms with van der Waals surface area (Å²) in [6.07, 6.45) is 5.60. The van der Waals surface area contributed by atoms with Gasteiger partial charge in [0, 0.05) is 5.39 Å². The van der Waals surface area contributed by atoms with Crippen molar-refractivity contribution < 1.29 is 14.4 Å². The van der Waals surface area contributed by atoms with E-state index in [1.807, 2.05) is 30.3 Å². The Morgan fingerprint density at radius 2 is 1.93 bits per heavy atom. The summed E-state index contributed by atoms with van der Waals surface area (Å²) in [6.45, 7) is 6.10. The summed E-state index contributed by atoms with van der Waals surface area (Å²) in [6, 6.07) is 10.2. The third-order valence-electron chi connectivity index (χ3n) is 6.21. The fraction of sp³-hybridized carbons (Fsp3) is 0.435. The van der Waals surface area contributed by atoms with Crippen LogP contribution in [-0.2, 0) is 13.0 Å². The van der Waals surface area contributed by atoms with Crippen molar-refractivity contribution in [2.75, 3.05) is 6.54 Å². The van der Waals surface area contributed by atoms with Gasteiger partial charge in [-0.15, -0.1) is 0 Å². The smallest absolute Gasteiger partial charge is 0.344 e. The minimum absolute atomic E-state index is 0.302. The summed E-state index contributed by atoms with van der Waals surface area (Å²) in [5.41, 5.74) is 1.94. The first kappa shape index (κ1) is 18.1. The number of hydrogen-bond acceptors (Lipinski definition) is 3. The highest BCUT2D eigenvalue weighted by molar-refractivity contribution is 6.06. The quantitative estimate of drug-likeness (QED) is 0.548. The number of nitrogens with one attached hydrogen (secondary N) is 1. The van der Waals surface area contributed by atoms with E-state index in [0.29, 0.717) is 29.3 Å². The standard InChI is InChI=1S/C23H27NO3/c1-3-15-13-19-17-10-5-6-11-18(17)23(26)27-22(19)20(21(15)25)14-24-12-8-7-9-16(24)4-2/h5-6,10-11,13,16,25H,3-4,7-9,12,14H2,1-2H3/p+1/t16-/m0/s1. The molecule has 1 unspecified atom stereocenters. The van der Waals surface area contributed by atoms with Crippen LogP contribution in [0.3, 0.4) is 0 Å². The van der Waals surface area contributed by atoms with E-state index in [9.17, 15) is 9.90 Å². The lowest BCUT2D eigenvalue weighted by Crippen LogP contribution is -3.15. The van der Waals surface area contributed by atoms with Crippen LogP contribution in [0.2, 0.25) is 0 Å². The first-order chi connectivity index (χ1) is 13.1. The molecule has 1 fully saturated rings. The lowest BCUT2D eigenvalue weighted by Gasteiger charge is -2.32. The van der Waals surface area contributed by atoms with Crippen molar-refractivity contribution in [1.29, 1.82) is 0 Å². The average Bonchev–Trinajstić information content (AvgIpc) is 2.71. The van der Waals surface area contributed by atoms with Crippen LogP contribution >= 0.6 is 0 Å². The van der Waals surface area contributed by atoms with Crippen molar-refractivity contribution in [2.24, 2.45) is 0 Å². The number of benzene rings is 2. The van der Waals surface area contributed by atoms with Crippen LogP contribution in [0.1, 0.15) is 50.7 Å². The second kappa shape index (κ2) is 7.35. The molecule has 2 N–H and O–H groups in total. The van der Waals surface area contributed by atoms with Crippen molar-refractivity contribution in [3.05, 3.63) is 51.9 Å². The molecule has 1 aliphatic rings. The molecular weight excluding hydrogens is 338 g/mol. The van der Waals surface area contributed by atoms with Crippen molar-refractivity contribution in [3.63, 3.8) is 0 Å². The highest BCUT2D eigenvalue weighted by Gasteiger charge is 2.28. The molecule has 27 heavy (non-hydrogen) atoms. The summed E-state index contributed by atoms with van der Waals surface area (Å²) in [5, 5.41) is 13.4. The van der Waals surface area contributed by atoms with Gasteiger partial charge in [-0.2, -0.15) is 0 Å². The zero-order valence-corrected chi connectivity index (χ0v) is 16.2. The molecule has 2 atom stereocenters. The number of aromatic hydroxyl groups is 1. The Bertz CT molecular complexity index is 1040. The third kappa shape index (κ3) is 3.12. The lowest BCUT2D eigenvalue weighted by molar-refractivity contribution is -0.944. The average molecular weight is 366 g/mol. The highest BCUT2D eigenvalue weighted by Crippen LogP contribution is 2.34. The molecule has 2 aromatic carbocycles. The maximum Gasteiger partial charge on any atom is 0.344 e. The van der Waals surface area contributed by atoms with Crippen LogP contribution in [0.5, 0.6) is 5.75 Å². The van der Waals surface area contributed by atoms with E-state index in [0.717, 1.165) is 41.3 Å². The Kier molecular flexibility index (Phi) is 4.92. The van der Waals surface area contributed by atoms with Gasteiger partial charge >= 0.3 is 5.63 Å². The van der Waals surface area contributed by atoms with Gasteiger partial charge in [-0.1, -0.05) is 32.0 Å².